The number of nitrogens with two attached hydrogens (primary N) is 1. The van der Waals surface area contributed by atoms with Crippen LogP contribution in [0.4, 0.5) is 35.7 Å². The number of alkyl halides is 3. The smallest absolute Gasteiger partial charge is 0.434 e. The van der Waals surface area contributed by atoms with E-state index in [1.54, 1.807) is 11.8 Å². The first kappa shape index (κ1) is 20.1. The number of halogens is 3. The quantitative estimate of drug-likeness (QED) is 0.784. The Morgan fingerprint density at radius 1 is 1.20 bits per heavy atom. The van der Waals surface area contributed by atoms with Gasteiger partial charge in [0.1, 0.15) is 12.4 Å². The van der Waals surface area contributed by atoms with Gasteiger partial charge in [-0.25, -0.2) is 19.7 Å². The number of nitrogen functional groups attached to an aromatic ring is 1. The molecule has 2 aliphatic heterocycles. The Hall–Kier alpha value is -3.22. The molecule has 0 aliphatic carbocycles. The monoisotopic (exact) mass is 425 g/mol. The molecule has 1 amide bonds. The Bertz CT molecular complexity index is 966. The highest BCUT2D eigenvalue weighted by atomic mass is 19.4. The Morgan fingerprint density at radius 2 is 1.93 bits per heavy atom. The van der Waals surface area contributed by atoms with Crippen molar-refractivity contribution in [3.63, 3.8) is 0 Å². The van der Waals surface area contributed by atoms with Crippen LogP contribution in [-0.2, 0) is 15.7 Å². The lowest BCUT2D eigenvalue weighted by atomic mass is 10.1. The van der Waals surface area contributed by atoms with Crippen LogP contribution >= 0.6 is 0 Å². The highest BCUT2D eigenvalue weighted by Gasteiger charge is 2.38. The van der Waals surface area contributed by atoms with Gasteiger partial charge in [0.15, 0.2) is 5.69 Å². The summed E-state index contributed by atoms with van der Waals surface area (Å²) in [5.74, 6) is -0.213. The molecular weight excluding hydrogens is 407 g/mol. The van der Waals surface area contributed by atoms with E-state index < -0.39 is 23.9 Å². The molecule has 0 radical (unpaired) electrons. The van der Waals surface area contributed by atoms with Gasteiger partial charge >= 0.3 is 12.3 Å². The maximum atomic E-state index is 13.6. The number of hydrogen-bond acceptors (Lipinski definition) is 9. The first-order valence-corrected chi connectivity index (χ1v) is 9.12. The third-order valence-corrected chi connectivity index (χ3v) is 4.68. The third kappa shape index (κ3) is 3.79. The third-order valence-electron chi connectivity index (χ3n) is 4.68. The van der Waals surface area contributed by atoms with Crippen molar-refractivity contribution >= 4 is 23.8 Å². The van der Waals surface area contributed by atoms with Crippen molar-refractivity contribution in [1.29, 1.82) is 0 Å². The van der Waals surface area contributed by atoms with Crippen molar-refractivity contribution in [2.24, 2.45) is 0 Å². The molecule has 2 saturated heterocycles. The molecule has 0 saturated carbocycles. The summed E-state index contributed by atoms with van der Waals surface area (Å²) in [6.07, 6.45) is -4.45. The maximum Gasteiger partial charge on any atom is 0.434 e. The number of morpholine rings is 1. The lowest BCUT2D eigenvalue weighted by Gasteiger charge is -2.28. The molecule has 2 N–H and O–H groups in total. The lowest BCUT2D eigenvalue weighted by molar-refractivity contribution is -0.140. The normalized spacial score (nSPS) is 19.9. The largest absolute Gasteiger partial charge is 0.447 e. The van der Waals surface area contributed by atoms with E-state index in [1.807, 2.05) is 0 Å². The van der Waals surface area contributed by atoms with Crippen LogP contribution in [0.25, 0.3) is 11.3 Å². The van der Waals surface area contributed by atoms with Gasteiger partial charge in [0.05, 0.1) is 24.9 Å². The predicted molar refractivity (Wildman–Crippen MR) is 98.8 cm³/mol. The zero-order valence-electron chi connectivity index (χ0n) is 15.9. The summed E-state index contributed by atoms with van der Waals surface area (Å²) < 4.78 is 51.1. The predicted octanol–water partition coefficient (Wildman–Crippen LogP) is 1.72. The highest BCUT2D eigenvalue weighted by Crippen LogP contribution is 2.37. The number of rotatable bonds is 3. The average molecular weight is 425 g/mol. The summed E-state index contributed by atoms with van der Waals surface area (Å²) in [4.78, 5) is 31.0. The molecule has 10 nitrogen and oxygen atoms in total. The Balaban J connectivity index is 1.87. The Kier molecular flexibility index (Phi) is 5.05. The van der Waals surface area contributed by atoms with Crippen molar-refractivity contribution in [3.05, 3.63) is 18.0 Å². The van der Waals surface area contributed by atoms with E-state index >= 15 is 0 Å². The molecule has 4 rings (SSSR count). The molecule has 4 heterocycles. The minimum Gasteiger partial charge on any atom is -0.447 e. The fraction of sp³-hybridized carbons (Fsp3) is 0.471. The average Bonchev–Trinajstić information content (AvgIpc) is 3.05. The van der Waals surface area contributed by atoms with Crippen molar-refractivity contribution in [1.82, 2.24) is 19.9 Å². The summed E-state index contributed by atoms with van der Waals surface area (Å²) in [5, 5.41) is 0. The zero-order valence-corrected chi connectivity index (χ0v) is 15.9. The van der Waals surface area contributed by atoms with Crippen LogP contribution in [0, 0.1) is 0 Å². The van der Waals surface area contributed by atoms with Crippen LogP contribution in [0.5, 0.6) is 0 Å². The maximum absolute atomic E-state index is 13.6. The van der Waals surface area contributed by atoms with Crippen LogP contribution in [0.15, 0.2) is 12.3 Å². The van der Waals surface area contributed by atoms with E-state index in [4.69, 9.17) is 15.2 Å². The number of carbonyl (C=O) groups is 1. The van der Waals surface area contributed by atoms with Crippen molar-refractivity contribution in [2.75, 3.05) is 48.4 Å². The minimum atomic E-state index is -4.78. The van der Waals surface area contributed by atoms with E-state index in [0.717, 1.165) is 6.20 Å². The van der Waals surface area contributed by atoms with Gasteiger partial charge in [-0.05, 0) is 6.92 Å². The minimum absolute atomic E-state index is 0.0827. The number of ether oxygens (including phenoxy) is 2. The molecule has 0 aromatic carbocycles. The molecule has 1 unspecified atom stereocenters. The molecule has 2 fully saturated rings. The summed E-state index contributed by atoms with van der Waals surface area (Å²) in [6, 6.07) is 0.944. The molecular formula is C17H18F3N7O3. The van der Waals surface area contributed by atoms with E-state index in [9.17, 15) is 18.0 Å². The molecule has 160 valence electrons. The number of hydrogen-bond donors (Lipinski definition) is 1. The van der Waals surface area contributed by atoms with Gasteiger partial charge in [0.2, 0.25) is 11.9 Å². The molecule has 0 spiro atoms. The second kappa shape index (κ2) is 7.55. The summed E-state index contributed by atoms with van der Waals surface area (Å²) >= 11 is 0. The molecule has 2 aromatic heterocycles. The molecule has 30 heavy (non-hydrogen) atoms. The zero-order chi connectivity index (χ0) is 21.5. The molecule has 2 aromatic rings. The van der Waals surface area contributed by atoms with Crippen molar-refractivity contribution in [2.45, 2.75) is 19.1 Å². The number of carbonyl (C=O) groups excluding carboxylic acids is 1. The first-order chi connectivity index (χ1) is 14.2. The first-order valence-electron chi connectivity index (χ1n) is 9.12. The van der Waals surface area contributed by atoms with Crippen LogP contribution in [0.2, 0.25) is 0 Å². The van der Waals surface area contributed by atoms with Crippen LogP contribution in [-0.4, -0.2) is 65.0 Å². The van der Waals surface area contributed by atoms with Crippen molar-refractivity contribution < 1.29 is 27.4 Å². The van der Waals surface area contributed by atoms with Gasteiger partial charge in [-0.1, -0.05) is 0 Å². The lowest BCUT2D eigenvalue weighted by Crippen LogP contribution is -2.38. The number of nitrogens with zero attached hydrogens (tertiary/aromatic N) is 6. The molecule has 0 bridgehead atoms. The van der Waals surface area contributed by atoms with E-state index in [2.05, 4.69) is 19.9 Å². The van der Waals surface area contributed by atoms with Gasteiger partial charge in [-0.2, -0.15) is 18.2 Å². The van der Waals surface area contributed by atoms with Crippen molar-refractivity contribution in [3.8, 4) is 11.3 Å². The Morgan fingerprint density at radius 3 is 2.57 bits per heavy atom. The Labute approximate surface area is 168 Å². The summed E-state index contributed by atoms with van der Waals surface area (Å²) in [6.45, 7) is 3.63. The van der Waals surface area contributed by atoms with E-state index in [0.29, 0.717) is 26.3 Å². The van der Waals surface area contributed by atoms with Gasteiger partial charge in [-0.15, -0.1) is 0 Å². The summed E-state index contributed by atoms with van der Waals surface area (Å²) in [5.41, 5.74) is 3.70. The standard InChI is InChI=1S/C17H18F3N7O3/c1-9-8-30-16(28)27(9)12-6-11(23-15(24-12)26-2-4-29-5-3-26)10-7-22-14(21)25-13(10)17(18,19)20/h6-7,9H,2-5,8H2,1H3,(H2,21,22,25). The van der Waals surface area contributed by atoms with Gasteiger partial charge < -0.3 is 20.1 Å². The number of cyclic esters (lactones) is 1. The second-order valence-electron chi connectivity index (χ2n) is 6.79. The topological polar surface area (TPSA) is 120 Å². The second-order valence-corrected chi connectivity index (χ2v) is 6.79. The van der Waals surface area contributed by atoms with Gasteiger partial charge in [0.25, 0.3) is 0 Å². The van der Waals surface area contributed by atoms with Crippen LogP contribution in [0.1, 0.15) is 12.6 Å². The number of anilines is 3. The van der Waals surface area contributed by atoms with Crippen LogP contribution < -0.4 is 15.5 Å². The molecule has 13 heteroatoms. The number of amides is 1. The van der Waals surface area contributed by atoms with Gasteiger partial charge in [-0.3, -0.25) is 4.90 Å². The van der Waals surface area contributed by atoms with E-state index in [1.165, 1.54) is 11.0 Å². The number of aromatic nitrogens is 4. The molecule has 1 atom stereocenters. The summed E-state index contributed by atoms with van der Waals surface area (Å²) in [7, 11) is 0. The highest BCUT2D eigenvalue weighted by molar-refractivity contribution is 5.90. The molecule has 2 aliphatic rings. The van der Waals surface area contributed by atoms with Gasteiger partial charge in [0, 0.05) is 30.9 Å². The fourth-order valence-electron chi connectivity index (χ4n) is 3.22. The van der Waals surface area contributed by atoms with E-state index in [-0.39, 0.29) is 35.7 Å². The SMILES string of the molecule is CC1COC(=O)N1c1cc(-c2cnc(N)nc2C(F)(F)F)nc(N2CCOCC2)n1. The fourth-order valence-corrected chi connectivity index (χ4v) is 3.22. The van der Waals surface area contributed by atoms with Crippen LogP contribution in [0.3, 0.4) is 0 Å².